The van der Waals surface area contributed by atoms with Crippen LogP contribution in [0.15, 0.2) is 39.9 Å². The number of cyclic esters (lactones) is 1. The minimum Gasteiger partial charge on any atom is -0.457 e. The van der Waals surface area contributed by atoms with E-state index < -0.39 is 16.8 Å². The number of Topliss-reactive ketones (excluding diaryl/α,β-unsaturated/α-hetero) is 1. The fourth-order valence-electron chi connectivity index (χ4n) is 4.02. The van der Waals surface area contributed by atoms with E-state index in [2.05, 4.69) is 26.2 Å². The Morgan fingerprint density at radius 3 is 2.45 bits per heavy atom. The van der Waals surface area contributed by atoms with Crippen LogP contribution in [0.25, 0.3) is 0 Å². The van der Waals surface area contributed by atoms with E-state index in [-0.39, 0.29) is 30.1 Å². The van der Waals surface area contributed by atoms with Gasteiger partial charge in [0.05, 0.1) is 6.61 Å². The molecule has 1 saturated heterocycles. The van der Waals surface area contributed by atoms with Crippen LogP contribution in [-0.4, -0.2) is 27.7 Å². The number of ether oxygens (including phenoxy) is 1. The lowest BCUT2D eigenvalue weighted by Gasteiger charge is -2.41. The van der Waals surface area contributed by atoms with E-state index in [1.807, 2.05) is 43.5 Å². The average Bonchev–Trinajstić information content (AvgIpc) is 3.18. The molecule has 0 radical (unpaired) electrons. The topological polar surface area (TPSA) is 63.6 Å². The van der Waals surface area contributed by atoms with Crippen molar-refractivity contribution in [2.45, 2.75) is 81.6 Å². The molecule has 0 aliphatic carbocycles. The van der Waals surface area contributed by atoms with Crippen LogP contribution in [0.3, 0.4) is 0 Å². The van der Waals surface area contributed by atoms with Crippen molar-refractivity contribution in [2.75, 3.05) is 0 Å². The van der Waals surface area contributed by atoms with Crippen molar-refractivity contribution in [2.24, 2.45) is 5.92 Å². The Kier molecular flexibility index (Phi) is 7.34. The number of carbonyl (C=O) groups excluding carboxylic acids is 2. The summed E-state index contributed by atoms with van der Waals surface area (Å²) in [5.41, 5.74) is 2.19. The lowest BCUT2D eigenvalue weighted by atomic mass is 9.78. The van der Waals surface area contributed by atoms with Crippen LogP contribution in [0.2, 0.25) is 0 Å². The number of hydrogen-bond donors (Lipinski definition) is 1. The van der Waals surface area contributed by atoms with Crippen molar-refractivity contribution >= 4 is 34.9 Å². The smallest absolute Gasteiger partial charge is 0.327 e. The quantitative estimate of drug-likeness (QED) is 0.434. The Balaban J connectivity index is 1.78. The minimum atomic E-state index is -0.813. The van der Waals surface area contributed by atoms with Crippen molar-refractivity contribution in [1.29, 1.82) is 0 Å². The van der Waals surface area contributed by atoms with E-state index in [0.717, 1.165) is 21.6 Å². The van der Waals surface area contributed by atoms with E-state index >= 15 is 0 Å². The molecule has 2 heterocycles. The zero-order chi connectivity index (χ0) is 22.8. The minimum absolute atomic E-state index is 0.0129. The maximum absolute atomic E-state index is 13.2. The molecule has 1 aromatic carbocycles. The van der Waals surface area contributed by atoms with E-state index in [9.17, 15) is 14.7 Å². The molecule has 0 saturated carbocycles. The van der Waals surface area contributed by atoms with Gasteiger partial charge in [-0.2, -0.15) is 11.3 Å². The molecular formula is C25H32O4S2. The number of esters is 1. The molecule has 0 bridgehead atoms. The second kappa shape index (κ2) is 9.47. The number of hydrogen-bond acceptors (Lipinski definition) is 6. The van der Waals surface area contributed by atoms with Crippen LogP contribution in [-0.2, 0) is 32.8 Å². The first-order chi connectivity index (χ1) is 14.6. The van der Waals surface area contributed by atoms with Gasteiger partial charge >= 0.3 is 5.97 Å². The molecule has 1 aliphatic rings. The number of rotatable bonds is 7. The molecule has 2 unspecified atom stereocenters. The zero-order valence-electron chi connectivity index (χ0n) is 18.9. The van der Waals surface area contributed by atoms with E-state index in [1.54, 1.807) is 11.3 Å². The van der Waals surface area contributed by atoms with Crippen molar-refractivity contribution < 1.29 is 19.4 Å². The van der Waals surface area contributed by atoms with Crippen LogP contribution in [0, 0.1) is 5.92 Å². The lowest BCUT2D eigenvalue weighted by molar-refractivity contribution is -0.176. The first-order valence-electron chi connectivity index (χ1n) is 10.7. The van der Waals surface area contributed by atoms with E-state index in [4.69, 9.17) is 4.74 Å². The Labute approximate surface area is 193 Å². The van der Waals surface area contributed by atoms with Gasteiger partial charge in [0.25, 0.3) is 0 Å². The lowest BCUT2D eigenvalue weighted by Crippen LogP contribution is -2.52. The van der Waals surface area contributed by atoms with Crippen LogP contribution in [0.4, 0.5) is 0 Å². The predicted molar refractivity (Wildman–Crippen MR) is 127 cm³/mol. The number of thioether (sulfide) groups is 1. The summed E-state index contributed by atoms with van der Waals surface area (Å²) in [5, 5.41) is 12.9. The molecule has 1 aliphatic heterocycles. The first kappa shape index (κ1) is 24.0. The fraction of sp³-hybridized carbons (Fsp3) is 0.520. The van der Waals surface area contributed by atoms with Crippen LogP contribution >= 0.6 is 23.1 Å². The maximum Gasteiger partial charge on any atom is 0.327 e. The molecule has 0 spiro atoms. The van der Waals surface area contributed by atoms with Gasteiger partial charge < -0.3 is 9.84 Å². The van der Waals surface area contributed by atoms with E-state index in [1.165, 1.54) is 11.8 Å². The molecular weight excluding hydrogens is 428 g/mol. The number of benzene rings is 1. The normalized spacial score (nSPS) is 22.1. The summed E-state index contributed by atoms with van der Waals surface area (Å²) in [5.74, 6) is -0.480. The summed E-state index contributed by atoms with van der Waals surface area (Å²) in [6.07, 6.45) is 1.43. The third-order valence-corrected chi connectivity index (χ3v) is 8.30. The van der Waals surface area contributed by atoms with Gasteiger partial charge in [-0.15, -0.1) is 11.8 Å². The molecule has 2 aromatic rings. The summed E-state index contributed by atoms with van der Waals surface area (Å²) in [6, 6.07) is 7.72. The Morgan fingerprint density at radius 1 is 1.19 bits per heavy atom. The third kappa shape index (κ3) is 5.24. The number of thiophene rings is 1. The molecule has 3 rings (SSSR count). The molecule has 4 nitrogen and oxygen atoms in total. The second-order valence-corrected chi connectivity index (χ2v) is 11.5. The summed E-state index contributed by atoms with van der Waals surface area (Å²) < 4.78 is 6.05. The van der Waals surface area contributed by atoms with Gasteiger partial charge in [0.2, 0.25) is 0 Å². The number of aliphatic hydroxyl groups is 1. The van der Waals surface area contributed by atoms with Gasteiger partial charge in [-0.25, -0.2) is 0 Å². The number of carbonyl (C=O) groups is 2. The monoisotopic (exact) mass is 460 g/mol. The van der Waals surface area contributed by atoms with Crippen molar-refractivity contribution in [3.63, 3.8) is 0 Å². The zero-order valence-corrected chi connectivity index (χ0v) is 20.6. The standard InChI is InChI=1S/C25H32O4S2/c1-16(2)25(11-10-17-8-6-7-9-18(17)13-26)12-20(27)22(23(28)29-25)31-21-15-30-14-19(21)24(3,4)5/h6-9,14-16,22,26H,10-13H2,1-5H3. The SMILES string of the molecule is CC(C)C1(CCc2ccccc2CO)CC(=O)C(Sc2cscc2C(C)(C)C)C(=O)O1. The van der Waals surface area contributed by atoms with Crippen LogP contribution < -0.4 is 0 Å². The summed E-state index contributed by atoms with van der Waals surface area (Å²) in [7, 11) is 0. The maximum atomic E-state index is 13.2. The molecule has 2 atom stereocenters. The summed E-state index contributed by atoms with van der Waals surface area (Å²) in [6.45, 7) is 10.4. The fourth-order valence-corrected chi connectivity index (χ4v) is 6.53. The van der Waals surface area contributed by atoms with Crippen LogP contribution in [0.1, 0.15) is 64.2 Å². The van der Waals surface area contributed by atoms with E-state index in [0.29, 0.717) is 12.8 Å². The Hall–Kier alpha value is -1.63. The number of aryl methyl sites for hydroxylation is 1. The first-order valence-corrected chi connectivity index (χ1v) is 12.6. The molecule has 1 fully saturated rings. The van der Waals surface area contributed by atoms with Gasteiger partial charge in [-0.05, 0) is 46.2 Å². The van der Waals surface area contributed by atoms with Gasteiger partial charge in [-0.3, -0.25) is 9.59 Å². The highest BCUT2D eigenvalue weighted by Gasteiger charge is 2.49. The molecule has 31 heavy (non-hydrogen) atoms. The molecule has 168 valence electrons. The van der Waals surface area contributed by atoms with Gasteiger partial charge in [0.1, 0.15) is 5.60 Å². The molecule has 6 heteroatoms. The Bertz CT molecular complexity index is 921. The van der Waals surface area contributed by atoms with Crippen molar-refractivity contribution in [1.82, 2.24) is 0 Å². The number of ketones is 1. The highest BCUT2D eigenvalue weighted by molar-refractivity contribution is 8.01. The predicted octanol–water partition coefficient (Wildman–Crippen LogP) is 5.54. The number of aliphatic hydroxyl groups excluding tert-OH is 1. The Morgan fingerprint density at radius 2 is 1.87 bits per heavy atom. The largest absolute Gasteiger partial charge is 0.457 e. The van der Waals surface area contributed by atoms with Gasteiger partial charge in [-0.1, -0.05) is 58.9 Å². The molecule has 1 N–H and O–H groups in total. The highest BCUT2D eigenvalue weighted by atomic mass is 32.2. The third-order valence-electron chi connectivity index (χ3n) is 6.12. The summed E-state index contributed by atoms with van der Waals surface area (Å²) in [4.78, 5) is 27.2. The van der Waals surface area contributed by atoms with Crippen LogP contribution in [0.5, 0.6) is 0 Å². The van der Waals surface area contributed by atoms with Crippen molar-refractivity contribution in [3.05, 3.63) is 51.7 Å². The molecule has 1 aromatic heterocycles. The summed E-state index contributed by atoms with van der Waals surface area (Å²) >= 11 is 2.92. The highest BCUT2D eigenvalue weighted by Crippen LogP contribution is 2.43. The van der Waals surface area contributed by atoms with Gasteiger partial charge in [0, 0.05) is 16.7 Å². The average molecular weight is 461 g/mol. The molecule has 0 amide bonds. The van der Waals surface area contributed by atoms with Crippen molar-refractivity contribution in [3.8, 4) is 0 Å². The van der Waals surface area contributed by atoms with Gasteiger partial charge in [0.15, 0.2) is 11.0 Å². The second-order valence-electron chi connectivity index (χ2n) is 9.61.